The summed E-state index contributed by atoms with van der Waals surface area (Å²) >= 11 is 2.06. The van der Waals surface area contributed by atoms with Crippen LogP contribution in [0.2, 0.25) is 0 Å². The van der Waals surface area contributed by atoms with Crippen molar-refractivity contribution in [3.63, 3.8) is 0 Å². The van der Waals surface area contributed by atoms with Crippen molar-refractivity contribution in [3.05, 3.63) is 0 Å². The van der Waals surface area contributed by atoms with E-state index in [1.807, 2.05) is 0 Å². The third-order valence-corrected chi connectivity index (χ3v) is 5.44. The Bertz CT molecular complexity index is 233. The minimum atomic E-state index is 0.136. The summed E-state index contributed by atoms with van der Waals surface area (Å²) in [6.45, 7) is 8.39. The second-order valence-corrected chi connectivity index (χ2v) is 6.39. The van der Waals surface area contributed by atoms with Crippen molar-refractivity contribution in [2.45, 2.75) is 31.8 Å². The molecular formula is C12H24N2OS. The van der Waals surface area contributed by atoms with E-state index < -0.39 is 0 Å². The number of ether oxygens (including phenoxy) is 1. The lowest BCUT2D eigenvalue weighted by Gasteiger charge is -2.49. The molecule has 0 aromatic carbocycles. The van der Waals surface area contributed by atoms with Crippen LogP contribution in [0, 0.1) is 5.92 Å². The molecule has 0 aromatic heterocycles. The number of nitrogens with zero attached hydrogens (tertiary/aromatic N) is 1. The molecule has 3 atom stereocenters. The molecule has 0 saturated carbocycles. The molecule has 4 heteroatoms. The Balaban J connectivity index is 2.11. The molecule has 16 heavy (non-hydrogen) atoms. The van der Waals surface area contributed by atoms with Gasteiger partial charge >= 0.3 is 0 Å². The Labute approximate surface area is 103 Å². The van der Waals surface area contributed by atoms with Crippen LogP contribution in [0.25, 0.3) is 0 Å². The van der Waals surface area contributed by atoms with Gasteiger partial charge in [-0.15, -0.1) is 0 Å². The first-order chi connectivity index (χ1) is 7.68. The van der Waals surface area contributed by atoms with Gasteiger partial charge in [-0.3, -0.25) is 4.90 Å². The molecule has 2 heterocycles. The molecule has 0 aromatic rings. The van der Waals surface area contributed by atoms with Gasteiger partial charge in [-0.1, -0.05) is 0 Å². The van der Waals surface area contributed by atoms with E-state index in [0.717, 1.165) is 19.8 Å². The van der Waals surface area contributed by atoms with Gasteiger partial charge in [0, 0.05) is 48.7 Å². The van der Waals surface area contributed by atoms with Gasteiger partial charge in [0.15, 0.2) is 0 Å². The zero-order valence-corrected chi connectivity index (χ0v) is 11.3. The Morgan fingerprint density at radius 1 is 1.56 bits per heavy atom. The Hall–Kier alpha value is 0.230. The average molecular weight is 244 g/mol. The van der Waals surface area contributed by atoms with Gasteiger partial charge < -0.3 is 10.5 Å². The van der Waals surface area contributed by atoms with Gasteiger partial charge in [-0.05, 0) is 20.3 Å². The highest BCUT2D eigenvalue weighted by Gasteiger charge is 2.42. The molecule has 0 radical (unpaired) electrons. The second kappa shape index (κ2) is 5.25. The zero-order chi connectivity index (χ0) is 11.6. The maximum absolute atomic E-state index is 6.08. The summed E-state index contributed by atoms with van der Waals surface area (Å²) in [5, 5.41) is 0. The molecular weight excluding hydrogens is 220 g/mol. The molecule has 0 bridgehead atoms. The molecule has 2 rings (SSSR count). The minimum absolute atomic E-state index is 0.136. The maximum Gasteiger partial charge on any atom is 0.0513 e. The van der Waals surface area contributed by atoms with Gasteiger partial charge in [0.1, 0.15) is 0 Å². The zero-order valence-electron chi connectivity index (χ0n) is 10.4. The van der Waals surface area contributed by atoms with Gasteiger partial charge in [0.05, 0.1) is 6.61 Å². The smallest absolute Gasteiger partial charge is 0.0513 e. The lowest BCUT2D eigenvalue weighted by atomic mass is 9.82. The van der Waals surface area contributed by atoms with E-state index >= 15 is 0 Å². The average Bonchev–Trinajstić information content (AvgIpc) is 2.82. The molecule has 3 nitrogen and oxygen atoms in total. The van der Waals surface area contributed by atoms with Crippen LogP contribution in [0.15, 0.2) is 0 Å². The second-order valence-electron chi connectivity index (χ2n) is 5.24. The van der Waals surface area contributed by atoms with E-state index in [4.69, 9.17) is 10.5 Å². The van der Waals surface area contributed by atoms with Crippen LogP contribution in [-0.4, -0.2) is 54.3 Å². The van der Waals surface area contributed by atoms with Gasteiger partial charge in [0.25, 0.3) is 0 Å². The van der Waals surface area contributed by atoms with Crippen LogP contribution in [0.5, 0.6) is 0 Å². The van der Waals surface area contributed by atoms with E-state index in [1.165, 1.54) is 24.5 Å². The summed E-state index contributed by atoms with van der Waals surface area (Å²) in [7, 11) is 0. The Morgan fingerprint density at radius 2 is 2.38 bits per heavy atom. The number of hydrogen-bond donors (Lipinski definition) is 1. The van der Waals surface area contributed by atoms with Crippen LogP contribution in [0.1, 0.15) is 20.3 Å². The highest BCUT2D eigenvalue weighted by molar-refractivity contribution is 7.99. The molecule has 0 aliphatic carbocycles. The molecule has 2 N–H and O–H groups in total. The van der Waals surface area contributed by atoms with Crippen molar-refractivity contribution in [2.24, 2.45) is 11.7 Å². The van der Waals surface area contributed by atoms with Crippen molar-refractivity contribution >= 4 is 11.8 Å². The fourth-order valence-electron chi connectivity index (χ4n) is 3.03. The van der Waals surface area contributed by atoms with E-state index in [0.29, 0.717) is 12.0 Å². The summed E-state index contributed by atoms with van der Waals surface area (Å²) in [6.07, 6.45) is 1.17. The van der Waals surface area contributed by atoms with Crippen molar-refractivity contribution in [2.75, 3.05) is 37.8 Å². The van der Waals surface area contributed by atoms with Gasteiger partial charge in [-0.25, -0.2) is 0 Å². The largest absolute Gasteiger partial charge is 0.381 e. The third-order valence-electron chi connectivity index (χ3n) is 4.25. The fourth-order valence-corrected chi connectivity index (χ4v) is 4.04. The topological polar surface area (TPSA) is 38.5 Å². The molecule has 0 amide bonds. The first-order valence-electron chi connectivity index (χ1n) is 6.31. The van der Waals surface area contributed by atoms with E-state index in [2.05, 4.69) is 30.5 Å². The SMILES string of the molecule is CC1CSCCN1C(C)(CN)C1CCOC1. The summed E-state index contributed by atoms with van der Waals surface area (Å²) < 4.78 is 5.54. The number of hydrogen-bond acceptors (Lipinski definition) is 4. The van der Waals surface area contributed by atoms with Crippen LogP contribution in [0.3, 0.4) is 0 Å². The monoisotopic (exact) mass is 244 g/mol. The van der Waals surface area contributed by atoms with Crippen LogP contribution in [0.4, 0.5) is 0 Å². The quantitative estimate of drug-likeness (QED) is 0.809. The molecule has 2 saturated heterocycles. The molecule has 2 aliphatic rings. The molecule has 94 valence electrons. The van der Waals surface area contributed by atoms with Crippen LogP contribution in [-0.2, 0) is 4.74 Å². The van der Waals surface area contributed by atoms with Crippen molar-refractivity contribution in [3.8, 4) is 0 Å². The fraction of sp³-hybridized carbons (Fsp3) is 1.00. The first kappa shape index (κ1) is 12.7. The van der Waals surface area contributed by atoms with Crippen molar-refractivity contribution < 1.29 is 4.74 Å². The Kier molecular flexibility index (Phi) is 4.16. The summed E-state index contributed by atoms with van der Waals surface area (Å²) in [5.41, 5.74) is 6.21. The summed E-state index contributed by atoms with van der Waals surface area (Å²) in [5.74, 6) is 3.10. The summed E-state index contributed by atoms with van der Waals surface area (Å²) in [4.78, 5) is 2.63. The number of thioether (sulfide) groups is 1. The first-order valence-corrected chi connectivity index (χ1v) is 7.46. The lowest BCUT2D eigenvalue weighted by molar-refractivity contribution is 0.0254. The molecule has 2 fully saturated rings. The van der Waals surface area contributed by atoms with Crippen LogP contribution < -0.4 is 5.73 Å². The van der Waals surface area contributed by atoms with Gasteiger partial charge in [0.2, 0.25) is 0 Å². The van der Waals surface area contributed by atoms with E-state index in [9.17, 15) is 0 Å². The maximum atomic E-state index is 6.08. The Morgan fingerprint density at radius 3 is 2.94 bits per heavy atom. The third kappa shape index (κ3) is 2.26. The highest BCUT2D eigenvalue weighted by atomic mass is 32.2. The van der Waals surface area contributed by atoms with Crippen molar-refractivity contribution in [1.29, 1.82) is 0 Å². The number of nitrogens with two attached hydrogens (primary N) is 1. The predicted octanol–water partition coefficient (Wildman–Crippen LogP) is 1.18. The highest BCUT2D eigenvalue weighted by Crippen LogP contribution is 2.34. The predicted molar refractivity (Wildman–Crippen MR) is 69.9 cm³/mol. The minimum Gasteiger partial charge on any atom is -0.381 e. The lowest BCUT2D eigenvalue weighted by Crippen LogP contribution is -2.62. The molecule has 0 spiro atoms. The molecule has 3 unspecified atom stereocenters. The standard InChI is InChI=1S/C12H24N2OS/c1-10-8-16-6-4-14(10)12(2,9-13)11-3-5-15-7-11/h10-11H,3-9,13H2,1-2H3. The van der Waals surface area contributed by atoms with E-state index in [-0.39, 0.29) is 5.54 Å². The molecule has 2 aliphatic heterocycles. The van der Waals surface area contributed by atoms with Crippen molar-refractivity contribution in [1.82, 2.24) is 4.90 Å². The van der Waals surface area contributed by atoms with Crippen LogP contribution >= 0.6 is 11.8 Å². The normalized spacial score (nSPS) is 36.2. The number of rotatable bonds is 3. The van der Waals surface area contributed by atoms with Gasteiger partial charge in [-0.2, -0.15) is 11.8 Å². The summed E-state index contributed by atoms with van der Waals surface area (Å²) in [6, 6.07) is 0.646. The van der Waals surface area contributed by atoms with E-state index in [1.54, 1.807) is 0 Å².